The third-order valence-electron chi connectivity index (χ3n) is 10.4. The molecule has 0 radical (unpaired) electrons. The summed E-state index contributed by atoms with van der Waals surface area (Å²) in [5, 5.41) is 52.6. The van der Waals surface area contributed by atoms with Crippen LogP contribution < -0.4 is 71.2 Å². The van der Waals surface area contributed by atoms with Gasteiger partial charge in [-0.3, -0.25) is 14.8 Å². The van der Waals surface area contributed by atoms with Crippen LogP contribution in [-0.2, 0) is 25.4 Å². The number of aliphatic hydroxyl groups is 2. The molecule has 0 saturated carbocycles. The van der Waals surface area contributed by atoms with Crippen LogP contribution >= 0.6 is 35.1 Å². The van der Waals surface area contributed by atoms with Crippen LogP contribution in [0.1, 0.15) is 49.4 Å². The van der Waals surface area contributed by atoms with Gasteiger partial charge in [-0.05, 0) is 55.5 Å². The molecule has 1 amide bonds. The Balaban J connectivity index is 0.000000258. The number of nitrogens with one attached hydrogen (secondary N) is 1. The SMILES string of the molecule is CC1(O)CNC1.Cl.O=C(O)c1ccc(N(Cc2ccc(-c3noc(C(F)(F)F)n3)s2)c2cnccn2)nn1.O=C(c1ccc(N(Cc2ccc(-c3noc(C(F)(F)F)n3)s2)c2cnccn2)nn1)N1CC(O)(C(F)(F)F)C1.[F-].[K+]. The van der Waals surface area contributed by atoms with Gasteiger partial charge < -0.3 is 49.1 Å². The Labute approximate surface area is 492 Å². The maximum atomic E-state index is 12.9. The van der Waals surface area contributed by atoms with E-state index in [0.29, 0.717) is 37.0 Å². The van der Waals surface area contributed by atoms with E-state index in [-0.39, 0.29) is 116 Å². The van der Waals surface area contributed by atoms with Gasteiger partial charge in [-0.15, -0.1) is 55.5 Å². The van der Waals surface area contributed by atoms with Crippen molar-refractivity contribution < 1.29 is 130 Å². The molecule has 2 aliphatic heterocycles. The number of carboxylic acid groups (broad SMARTS) is 1. The first-order chi connectivity index (χ1) is 35.9. The van der Waals surface area contributed by atoms with Crippen LogP contribution in [0, 0.1) is 0 Å². The molecule has 10 heterocycles. The van der Waals surface area contributed by atoms with Crippen molar-refractivity contribution >= 4 is 70.2 Å². The number of hydrogen-bond acceptors (Lipinski definition) is 23. The van der Waals surface area contributed by atoms with E-state index in [4.69, 9.17) is 10.2 Å². The number of nitrogens with zero attached hydrogens (tertiary/aromatic N) is 15. The van der Waals surface area contributed by atoms with E-state index < -0.39 is 60.9 Å². The molecule has 0 unspecified atom stereocenters. The van der Waals surface area contributed by atoms with Crippen LogP contribution in [0.25, 0.3) is 21.4 Å². The number of thiophene rings is 2. The number of carboxylic acids is 1. The Morgan fingerprint density at radius 3 is 1.42 bits per heavy atom. The quantitative estimate of drug-likeness (QED) is 0.0966. The standard InChI is InChI=1S/C21H14F6N8O3S.C17H10F3N7O3S.C4H9NO.ClH.FH.K/c22-20(23,24)18-30-16(33-38-18)13-3-1-11(39-13)8-35(15-7-28-5-6-29-15)14-4-2-12(31-32-14)17(36)34-9-19(37,10-34)21(25,26)27;18-17(19,20)16-23-14(26-30-16)11-3-1-9(31-11)8-27(13-7-21-5-6-22-13)12-4-2-10(15(28)29)24-25-12;1-4(6)2-5-3-4;;;/h1-7,37H,8-10H2;1-7H,8H2,(H,28,29);5-6H,2-3H2,1H3;2*1H;/q;;;;;+1/p-1. The molecule has 8 aromatic rings. The Morgan fingerprint density at radius 2 is 1.10 bits per heavy atom. The molecule has 0 aliphatic carbocycles. The molecule has 0 aromatic carbocycles. The molecule has 0 spiro atoms. The van der Waals surface area contributed by atoms with Crippen LogP contribution in [0.15, 0.2) is 94.8 Å². The zero-order valence-corrected chi connectivity index (χ0v) is 45.6. The van der Waals surface area contributed by atoms with Gasteiger partial charge in [-0.25, -0.2) is 14.8 Å². The molecule has 23 nitrogen and oxygen atoms in total. The third-order valence-corrected chi connectivity index (χ3v) is 12.5. The number of anilines is 4. The molecule has 0 atom stereocenters. The van der Waals surface area contributed by atoms with E-state index in [1.165, 1.54) is 67.5 Å². The predicted molar refractivity (Wildman–Crippen MR) is 250 cm³/mol. The normalized spacial score (nSPS) is 14.2. The number of β-amino-alcohol motifs (C(OH)–C–C–N with tert-alkyl or cyclic N) is 2. The van der Waals surface area contributed by atoms with Gasteiger partial charge in [0, 0.05) is 47.6 Å². The summed E-state index contributed by atoms with van der Waals surface area (Å²) in [6.07, 6.45) is -5.68. The van der Waals surface area contributed by atoms with E-state index >= 15 is 0 Å². The van der Waals surface area contributed by atoms with Crippen molar-refractivity contribution in [2.24, 2.45) is 0 Å². The molecule has 4 N–H and O–H groups in total. The van der Waals surface area contributed by atoms with Crippen LogP contribution in [0.3, 0.4) is 0 Å². The summed E-state index contributed by atoms with van der Waals surface area (Å²) in [5.74, 6) is -4.15. The van der Waals surface area contributed by atoms with Crippen molar-refractivity contribution in [3.05, 3.63) is 119 Å². The second-order valence-electron chi connectivity index (χ2n) is 16.3. The van der Waals surface area contributed by atoms with Gasteiger partial charge >= 0.3 is 87.7 Å². The van der Waals surface area contributed by atoms with Gasteiger partial charge in [0.15, 0.2) is 40.3 Å². The molecular weight excluding hydrogens is 1170 g/mol. The van der Waals surface area contributed by atoms with Crippen LogP contribution in [0.4, 0.5) is 62.8 Å². The number of amides is 1. The van der Waals surface area contributed by atoms with E-state index in [9.17, 15) is 54.2 Å². The number of rotatable bonds is 12. The van der Waals surface area contributed by atoms with Gasteiger partial charge in [0.05, 0.1) is 53.9 Å². The van der Waals surface area contributed by atoms with Crippen molar-refractivity contribution in [1.82, 2.24) is 70.8 Å². The molecule has 2 fully saturated rings. The first-order valence-electron chi connectivity index (χ1n) is 21.4. The number of aromatic carboxylic acids is 1. The first-order valence-corrected chi connectivity index (χ1v) is 23.0. The summed E-state index contributed by atoms with van der Waals surface area (Å²) in [5.41, 5.74) is -3.81. The van der Waals surface area contributed by atoms with Crippen LogP contribution in [0.2, 0.25) is 0 Å². The molecule has 79 heavy (non-hydrogen) atoms. The molecule has 8 aromatic heterocycles. The number of alkyl halides is 9. The van der Waals surface area contributed by atoms with Crippen LogP contribution in [-0.4, -0.2) is 136 Å². The largest absolute Gasteiger partial charge is 1.00 e. The topological polar surface area (TPSA) is 298 Å². The van der Waals surface area contributed by atoms with E-state index in [1.54, 1.807) is 28.0 Å². The van der Waals surface area contributed by atoms with Crippen LogP contribution in [0.5, 0.6) is 0 Å². The van der Waals surface area contributed by atoms with Gasteiger partial charge in [0.2, 0.25) is 11.6 Å². The van der Waals surface area contributed by atoms with Crippen molar-refractivity contribution in [2.45, 2.75) is 49.7 Å². The van der Waals surface area contributed by atoms with Gasteiger partial charge in [-0.1, -0.05) is 10.3 Å². The molecule has 0 bridgehead atoms. The fourth-order valence-corrected chi connectivity index (χ4v) is 8.34. The van der Waals surface area contributed by atoms with E-state index in [1.807, 2.05) is 6.92 Å². The summed E-state index contributed by atoms with van der Waals surface area (Å²) < 4.78 is 124. The fourth-order valence-electron chi connectivity index (χ4n) is 6.50. The number of halogens is 11. The Kier molecular flexibility index (Phi) is 20.8. The van der Waals surface area contributed by atoms with Gasteiger partial charge in [0.1, 0.15) is 0 Å². The molecule has 414 valence electrons. The zero-order chi connectivity index (χ0) is 54.6. The minimum atomic E-state index is -4.87. The second kappa shape index (κ2) is 25.8. The maximum Gasteiger partial charge on any atom is 1.00 e. The Bertz CT molecular complexity index is 3260. The number of likely N-dealkylation sites (tertiary alicyclic amines) is 1. The molecule has 2 saturated heterocycles. The number of carbonyl (C=O) groups is 2. The smallest absolute Gasteiger partial charge is 1.00 e. The minimum Gasteiger partial charge on any atom is -1.00 e. The minimum absolute atomic E-state index is 0. The van der Waals surface area contributed by atoms with E-state index in [2.05, 4.69) is 75.0 Å². The molecule has 37 heteroatoms. The predicted octanol–water partition coefficient (Wildman–Crippen LogP) is 0.688. The summed E-state index contributed by atoms with van der Waals surface area (Å²) in [6, 6.07) is 11.8. The monoisotopic (exact) mass is 1200 g/mol. The summed E-state index contributed by atoms with van der Waals surface area (Å²) in [4.78, 5) is 52.7. The maximum absolute atomic E-state index is 12.9. The third kappa shape index (κ3) is 15.7. The molecule has 2 aliphatic rings. The Hall–Kier alpha value is -6.35. The van der Waals surface area contributed by atoms with Crippen molar-refractivity contribution in [2.75, 3.05) is 36.0 Å². The van der Waals surface area contributed by atoms with Crippen molar-refractivity contribution in [1.29, 1.82) is 0 Å². The number of aromatic nitrogens is 12. The van der Waals surface area contributed by atoms with Crippen molar-refractivity contribution in [3.63, 3.8) is 0 Å². The summed E-state index contributed by atoms with van der Waals surface area (Å²) in [7, 11) is 0. The average molecular weight is 1200 g/mol. The molecular formula is C42H34ClF10KN16O7S2. The summed E-state index contributed by atoms with van der Waals surface area (Å²) >= 11 is 2.24. The fraction of sp³-hybridized carbons (Fsp3) is 0.286. The molecule has 10 rings (SSSR count). The summed E-state index contributed by atoms with van der Waals surface area (Å²) in [6.45, 7) is 1.80. The Morgan fingerprint density at radius 1 is 0.671 bits per heavy atom. The van der Waals surface area contributed by atoms with Gasteiger partial charge in [-0.2, -0.15) is 49.5 Å². The number of hydrogen-bond donors (Lipinski definition) is 4. The van der Waals surface area contributed by atoms with Gasteiger partial charge in [0.25, 0.3) is 5.91 Å². The average Bonchev–Trinajstić information content (AvgIpc) is 4.25. The van der Waals surface area contributed by atoms with E-state index in [0.717, 1.165) is 40.7 Å². The first kappa shape index (κ1) is 63.5. The van der Waals surface area contributed by atoms with Crippen molar-refractivity contribution in [3.8, 4) is 21.4 Å². The number of carbonyl (C=O) groups excluding carboxylic acids is 1. The second-order valence-corrected chi connectivity index (χ2v) is 18.7. The zero-order valence-electron chi connectivity index (χ0n) is 40.0.